The van der Waals surface area contributed by atoms with Gasteiger partial charge in [-0.05, 0) is 79.4 Å². The monoisotopic (exact) mass is 750 g/mol. The fourth-order valence-electron chi connectivity index (χ4n) is 4.23. The minimum Gasteiger partial charge on any atom is -0.360 e. The number of aromatic amines is 1. The molecule has 9 heteroatoms. The molecule has 0 bridgehead atoms. The van der Waals surface area contributed by atoms with Gasteiger partial charge in [0.05, 0.1) is 31.3 Å². The molecule has 43 heavy (non-hydrogen) atoms. The Morgan fingerprint density at radius 1 is 0.744 bits per heavy atom. The SMILES string of the molecule is N#Cc1cccc(CBr)c1.[C-]#[N+]c1ccc2[nH]cc(Br)c2c1.[C-]#[N+]c1cccc(Cn2cc(Br)c3cc([N+]#[C-])ccc32)c1. The molecule has 0 saturated carbocycles. The summed E-state index contributed by atoms with van der Waals surface area (Å²) in [4.78, 5) is 13.4. The van der Waals surface area contributed by atoms with Crippen LogP contribution in [0.4, 0.5) is 17.1 Å². The van der Waals surface area contributed by atoms with Crippen molar-refractivity contribution in [3.63, 3.8) is 0 Å². The number of rotatable bonds is 3. The minimum atomic E-state index is 0.635. The van der Waals surface area contributed by atoms with Crippen LogP contribution < -0.4 is 0 Å². The molecule has 6 aromatic rings. The summed E-state index contributed by atoms with van der Waals surface area (Å²) in [6.45, 7) is 21.7. The number of nitrogens with zero attached hydrogens (tertiary/aromatic N) is 5. The zero-order chi connectivity index (χ0) is 30.8. The molecule has 208 valence electrons. The van der Waals surface area contributed by atoms with E-state index in [0.717, 1.165) is 52.8 Å². The van der Waals surface area contributed by atoms with Gasteiger partial charge in [0, 0.05) is 55.0 Å². The number of halogens is 3. The van der Waals surface area contributed by atoms with Gasteiger partial charge in [-0.3, -0.25) is 0 Å². The standard InChI is InChI=1S/C17H10BrN3.C9H5BrN2.C8H6BrN/c1-19-13-5-3-4-12(8-13)10-21-11-16(18)15-9-14(20-2)6-7-17(15)21;1-11-6-2-3-9-7(4-6)8(10)5-12-9;9-5-7-2-1-3-8(4-7)6-10/h3-9,11H,10H2;2-5,12H;1-4H,5H2. The van der Waals surface area contributed by atoms with E-state index in [1.165, 1.54) is 0 Å². The van der Waals surface area contributed by atoms with Gasteiger partial charge in [-0.25, -0.2) is 14.5 Å². The fraction of sp³-hybridized carbons (Fsp3) is 0.0588. The normalized spacial score (nSPS) is 9.84. The Hall–Kier alpha value is -4.64. The van der Waals surface area contributed by atoms with Crippen LogP contribution in [-0.4, -0.2) is 9.55 Å². The molecular formula is C34H21Br3N6. The molecule has 0 aliphatic carbocycles. The summed E-state index contributed by atoms with van der Waals surface area (Å²) in [6.07, 6.45) is 3.89. The van der Waals surface area contributed by atoms with Gasteiger partial charge in [0.15, 0.2) is 17.1 Å². The first kappa shape index (κ1) is 31.3. The summed E-state index contributed by atoms with van der Waals surface area (Å²) in [5, 5.41) is 11.4. The summed E-state index contributed by atoms with van der Waals surface area (Å²) in [7, 11) is 0. The Balaban J connectivity index is 0.000000163. The van der Waals surface area contributed by atoms with Crippen molar-refractivity contribution in [3.05, 3.63) is 157 Å². The fourth-order valence-corrected chi connectivity index (χ4v) is 5.59. The van der Waals surface area contributed by atoms with Crippen LogP contribution in [0.2, 0.25) is 0 Å². The number of benzene rings is 4. The van der Waals surface area contributed by atoms with Gasteiger partial charge < -0.3 is 9.55 Å². The number of fused-ring (bicyclic) bond motifs is 2. The smallest absolute Gasteiger partial charge is 0.188 e. The molecule has 0 aliphatic rings. The van der Waals surface area contributed by atoms with E-state index in [9.17, 15) is 0 Å². The molecule has 0 spiro atoms. The van der Waals surface area contributed by atoms with E-state index >= 15 is 0 Å². The first-order valence-electron chi connectivity index (χ1n) is 12.7. The lowest BCUT2D eigenvalue weighted by molar-refractivity contribution is 0.836. The highest BCUT2D eigenvalue weighted by atomic mass is 79.9. The highest BCUT2D eigenvalue weighted by molar-refractivity contribution is 9.11. The second-order valence-electron chi connectivity index (χ2n) is 9.12. The van der Waals surface area contributed by atoms with Crippen LogP contribution in [0.3, 0.4) is 0 Å². The Morgan fingerprint density at radius 2 is 1.40 bits per heavy atom. The second-order valence-corrected chi connectivity index (χ2v) is 11.4. The summed E-state index contributed by atoms with van der Waals surface area (Å²) < 4.78 is 4.10. The van der Waals surface area contributed by atoms with Crippen LogP contribution in [0.15, 0.2) is 106 Å². The zero-order valence-electron chi connectivity index (χ0n) is 22.5. The molecular weight excluding hydrogens is 732 g/mol. The van der Waals surface area contributed by atoms with Crippen LogP contribution >= 0.6 is 47.8 Å². The predicted molar refractivity (Wildman–Crippen MR) is 184 cm³/mol. The molecule has 4 aromatic carbocycles. The van der Waals surface area contributed by atoms with Gasteiger partial charge in [0.2, 0.25) is 0 Å². The molecule has 6 rings (SSSR count). The molecule has 0 atom stereocenters. The van der Waals surface area contributed by atoms with E-state index in [4.69, 9.17) is 25.0 Å². The number of H-pyrrole nitrogens is 1. The van der Waals surface area contributed by atoms with E-state index in [1.807, 2.05) is 85.2 Å². The van der Waals surface area contributed by atoms with Crippen molar-refractivity contribution in [3.8, 4) is 6.07 Å². The van der Waals surface area contributed by atoms with Gasteiger partial charge >= 0.3 is 0 Å². The van der Waals surface area contributed by atoms with Crippen LogP contribution in [0.25, 0.3) is 36.3 Å². The third-order valence-corrected chi connectivity index (χ3v) is 8.23. The topological polar surface area (TPSA) is 57.6 Å². The lowest BCUT2D eigenvalue weighted by Gasteiger charge is -2.06. The lowest BCUT2D eigenvalue weighted by Crippen LogP contribution is -1.97. The van der Waals surface area contributed by atoms with Gasteiger partial charge in [0.1, 0.15) is 0 Å². The van der Waals surface area contributed by atoms with Crippen molar-refractivity contribution in [2.24, 2.45) is 0 Å². The Bertz CT molecular complexity index is 2080. The van der Waals surface area contributed by atoms with Crippen molar-refractivity contribution in [1.82, 2.24) is 9.55 Å². The quantitative estimate of drug-likeness (QED) is 0.142. The maximum absolute atomic E-state index is 8.49. The highest BCUT2D eigenvalue weighted by Gasteiger charge is 2.08. The van der Waals surface area contributed by atoms with Crippen molar-refractivity contribution in [2.45, 2.75) is 11.9 Å². The first-order chi connectivity index (χ1) is 20.9. The second kappa shape index (κ2) is 15.0. The summed E-state index contributed by atoms with van der Waals surface area (Å²) in [5.41, 5.74) is 7.02. The largest absolute Gasteiger partial charge is 0.360 e. The molecule has 0 saturated heterocycles. The van der Waals surface area contributed by atoms with Crippen molar-refractivity contribution < 1.29 is 0 Å². The average molecular weight is 753 g/mol. The lowest BCUT2D eigenvalue weighted by atomic mass is 10.2. The van der Waals surface area contributed by atoms with Crippen LogP contribution in [-0.2, 0) is 11.9 Å². The summed E-state index contributed by atoms with van der Waals surface area (Å²) in [6, 6.07) is 28.5. The third-order valence-electron chi connectivity index (χ3n) is 6.29. The van der Waals surface area contributed by atoms with E-state index < -0.39 is 0 Å². The van der Waals surface area contributed by atoms with Gasteiger partial charge in [-0.2, -0.15) is 5.26 Å². The average Bonchev–Trinajstić information content (AvgIpc) is 3.59. The van der Waals surface area contributed by atoms with Crippen molar-refractivity contribution in [1.29, 1.82) is 5.26 Å². The Kier molecular flexibility index (Phi) is 10.9. The molecule has 0 radical (unpaired) electrons. The molecule has 2 heterocycles. The van der Waals surface area contributed by atoms with Crippen LogP contribution in [0, 0.1) is 31.0 Å². The summed E-state index contributed by atoms with van der Waals surface area (Å²) in [5.74, 6) is 0. The van der Waals surface area contributed by atoms with Crippen molar-refractivity contribution >= 4 is 86.7 Å². The highest BCUT2D eigenvalue weighted by Crippen LogP contribution is 2.31. The predicted octanol–water partition coefficient (Wildman–Crippen LogP) is 11.5. The van der Waals surface area contributed by atoms with Crippen LogP contribution in [0.1, 0.15) is 16.7 Å². The van der Waals surface area contributed by atoms with Crippen molar-refractivity contribution in [2.75, 3.05) is 0 Å². The number of nitriles is 1. The third kappa shape index (κ3) is 8.01. The maximum Gasteiger partial charge on any atom is 0.188 e. The summed E-state index contributed by atoms with van der Waals surface area (Å²) >= 11 is 10.3. The van der Waals surface area contributed by atoms with E-state index in [-0.39, 0.29) is 0 Å². The zero-order valence-corrected chi connectivity index (χ0v) is 27.3. The molecule has 1 N–H and O–H groups in total. The van der Waals surface area contributed by atoms with E-state index in [2.05, 4.69) is 77.9 Å². The number of hydrogen-bond donors (Lipinski definition) is 1. The molecule has 0 unspecified atom stereocenters. The number of aromatic nitrogens is 2. The van der Waals surface area contributed by atoms with E-state index in [0.29, 0.717) is 23.6 Å². The Labute approximate surface area is 275 Å². The van der Waals surface area contributed by atoms with Gasteiger partial charge in [0.25, 0.3) is 0 Å². The van der Waals surface area contributed by atoms with Gasteiger partial charge in [-0.1, -0.05) is 64.5 Å². The molecule has 0 aliphatic heterocycles. The minimum absolute atomic E-state index is 0.635. The number of nitrogens with one attached hydrogen (secondary N) is 1. The number of alkyl halides is 1. The molecule has 0 fully saturated rings. The number of hydrogen-bond acceptors (Lipinski definition) is 1. The Morgan fingerprint density at radius 3 is 2.09 bits per heavy atom. The maximum atomic E-state index is 8.49. The molecule has 6 nitrogen and oxygen atoms in total. The van der Waals surface area contributed by atoms with Crippen LogP contribution in [0.5, 0.6) is 0 Å². The molecule has 2 aromatic heterocycles. The van der Waals surface area contributed by atoms with Gasteiger partial charge in [-0.15, -0.1) is 0 Å². The molecule has 0 amide bonds. The van der Waals surface area contributed by atoms with E-state index in [1.54, 1.807) is 12.1 Å². The first-order valence-corrected chi connectivity index (χ1v) is 15.4.